The quantitative estimate of drug-likeness (QED) is 0.544. The first-order chi connectivity index (χ1) is 4.38. The van der Waals surface area contributed by atoms with Gasteiger partial charge in [-0.15, -0.1) is 0 Å². The van der Waals surface area contributed by atoms with Crippen LogP contribution in [0.1, 0.15) is 12.8 Å². The fourth-order valence-electron chi connectivity index (χ4n) is 2.44. The monoisotopic (exact) mass is 184 g/mol. The second kappa shape index (κ2) is 1.29. The van der Waals surface area contributed by atoms with Crippen LogP contribution in [0.5, 0.6) is 0 Å². The lowest BCUT2D eigenvalue weighted by Gasteiger charge is -1.99. The van der Waals surface area contributed by atoms with E-state index in [9.17, 15) is 0 Å². The van der Waals surface area contributed by atoms with E-state index in [0.717, 1.165) is 23.7 Å². The maximum atomic E-state index is 3.58. The van der Waals surface area contributed by atoms with Gasteiger partial charge in [0.15, 0.2) is 0 Å². The third-order valence-corrected chi connectivity index (χ3v) is 3.79. The van der Waals surface area contributed by atoms with E-state index in [-0.39, 0.29) is 0 Å². The molecule has 0 aromatic rings. The molecule has 0 aromatic heterocycles. The molecular weight excluding hydrogens is 176 g/mol. The van der Waals surface area contributed by atoms with Gasteiger partial charge in [-0.2, -0.15) is 0 Å². The number of fused-ring (bicyclic) bond motifs is 2. The molecule has 2 saturated carbocycles. The largest absolute Gasteiger partial charge is 0.0707 e. The summed E-state index contributed by atoms with van der Waals surface area (Å²) in [5.41, 5.74) is 0. The van der Waals surface area contributed by atoms with Gasteiger partial charge in [0.25, 0.3) is 0 Å². The molecule has 0 radical (unpaired) electrons. The lowest BCUT2D eigenvalue weighted by atomic mass is 10.1. The van der Waals surface area contributed by atoms with Crippen LogP contribution >= 0.6 is 15.9 Å². The second-order valence-electron chi connectivity index (χ2n) is 3.55. The highest BCUT2D eigenvalue weighted by Gasteiger charge is 2.71. The summed E-state index contributed by atoms with van der Waals surface area (Å²) in [5.74, 6) is 4.48. The molecule has 4 aliphatic carbocycles. The number of allylic oxidation sites excluding steroid dienone is 2. The molecule has 0 N–H and O–H groups in total. The molecule has 2 unspecified atom stereocenters. The highest BCUT2D eigenvalue weighted by Crippen LogP contribution is 2.76. The zero-order valence-electron chi connectivity index (χ0n) is 5.18. The smallest absolute Gasteiger partial charge is 0.00861 e. The molecule has 0 amide bonds. The van der Waals surface area contributed by atoms with E-state index >= 15 is 0 Å². The van der Waals surface area contributed by atoms with Crippen LogP contribution in [0.25, 0.3) is 0 Å². The Bertz CT molecular complexity index is 185. The Morgan fingerprint density at radius 1 is 1.44 bits per heavy atom. The zero-order valence-corrected chi connectivity index (χ0v) is 6.76. The Kier molecular flexibility index (Phi) is 0.710. The summed E-state index contributed by atoms with van der Waals surface area (Å²) in [6, 6.07) is 0. The lowest BCUT2D eigenvalue weighted by Crippen LogP contribution is -1.93. The van der Waals surface area contributed by atoms with Crippen molar-refractivity contribution in [3.8, 4) is 0 Å². The fraction of sp³-hybridized carbons (Fsp3) is 0.750. The van der Waals surface area contributed by atoms with Gasteiger partial charge in [0, 0.05) is 0 Å². The molecule has 4 aliphatic rings. The van der Waals surface area contributed by atoms with Gasteiger partial charge in [-0.3, -0.25) is 0 Å². The van der Waals surface area contributed by atoms with Crippen LogP contribution in [0.3, 0.4) is 0 Å². The molecule has 0 saturated heterocycles. The van der Waals surface area contributed by atoms with E-state index in [2.05, 4.69) is 22.0 Å². The van der Waals surface area contributed by atoms with Gasteiger partial charge in [0.2, 0.25) is 0 Å². The summed E-state index contributed by atoms with van der Waals surface area (Å²) >= 11 is 3.58. The van der Waals surface area contributed by atoms with E-state index in [1.807, 2.05) is 0 Å². The van der Waals surface area contributed by atoms with Gasteiger partial charge in [0.1, 0.15) is 0 Å². The first kappa shape index (κ1) is 4.95. The minimum absolute atomic E-state index is 1.02. The Morgan fingerprint density at radius 2 is 2.22 bits per heavy atom. The Balaban J connectivity index is 1.93. The topological polar surface area (TPSA) is 0 Å². The van der Waals surface area contributed by atoms with Crippen molar-refractivity contribution in [3.63, 3.8) is 0 Å². The molecule has 0 spiro atoms. The normalized spacial score (nSPS) is 59.4. The Hall–Kier alpha value is 0.220. The predicted molar refractivity (Wildman–Crippen MR) is 40.2 cm³/mol. The van der Waals surface area contributed by atoms with Gasteiger partial charge >= 0.3 is 0 Å². The van der Waals surface area contributed by atoms with Crippen molar-refractivity contribution < 1.29 is 0 Å². The number of halogens is 1. The van der Waals surface area contributed by atoms with Crippen LogP contribution < -0.4 is 0 Å². The summed E-state index contributed by atoms with van der Waals surface area (Å²) in [6.07, 6.45) is 5.22. The molecule has 0 nitrogen and oxygen atoms in total. The minimum Gasteiger partial charge on any atom is -0.0707 e. The summed E-state index contributed by atoms with van der Waals surface area (Å²) in [6.45, 7) is 0. The van der Waals surface area contributed by atoms with E-state index in [4.69, 9.17) is 0 Å². The molecule has 0 heterocycles. The van der Waals surface area contributed by atoms with Crippen LogP contribution in [0, 0.1) is 23.7 Å². The van der Waals surface area contributed by atoms with E-state index in [1.54, 1.807) is 0 Å². The van der Waals surface area contributed by atoms with Crippen LogP contribution in [0.15, 0.2) is 10.6 Å². The van der Waals surface area contributed by atoms with Gasteiger partial charge in [-0.25, -0.2) is 0 Å². The average Bonchev–Trinajstić information content (AvgIpc) is 2.53. The van der Waals surface area contributed by atoms with Crippen LogP contribution in [0.4, 0.5) is 0 Å². The molecule has 4 rings (SSSR count). The minimum atomic E-state index is 1.02. The third-order valence-electron chi connectivity index (χ3n) is 3.13. The fourth-order valence-corrected chi connectivity index (χ4v) is 2.98. The number of rotatable bonds is 0. The summed E-state index contributed by atoms with van der Waals surface area (Å²) in [4.78, 5) is 0. The Morgan fingerprint density at radius 3 is 3.00 bits per heavy atom. The average molecular weight is 185 g/mol. The van der Waals surface area contributed by atoms with Crippen molar-refractivity contribution >= 4 is 15.9 Å². The van der Waals surface area contributed by atoms with Crippen molar-refractivity contribution in [1.82, 2.24) is 0 Å². The molecule has 9 heavy (non-hydrogen) atoms. The molecule has 0 aliphatic heterocycles. The van der Waals surface area contributed by atoms with Crippen molar-refractivity contribution in [2.45, 2.75) is 12.8 Å². The lowest BCUT2D eigenvalue weighted by molar-refractivity contribution is 0.524. The maximum Gasteiger partial charge on any atom is -0.00861 e. The first-order valence-corrected chi connectivity index (χ1v) is 4.53. The first-order valence-electron chi connectivity index (χ1n) is 3.74. The van der Waals surface area contributed by atoms with Crippen molar-refractivity contribution in [2.75, 3.05) is 0 Å². The van der Waals surface area contributed by atoms with E-state index < -0.39 is 0 Å². The highest BCUT2D eigenvalue weighted by atomic mass is 79.9. The van der Waals surface area contributed by atoms with E-state index in [1.165, 1.54) is 17.3 Å². The standard InChI is InChI=1S/C8H9Br/c9-4-1-2-5-7-6(3-4)8(5)7/h3,5-8H,1-2H2. The predicted octanol–water partition coefficient (Wildman–Crippen LogP) is 2.55. The number of hydrogen-bond donors (Lipinski definition) is 0. The molecule has 1 heteroatoms. The van der Waals surface area contributed by atoms with Crippen molar-refractivity contribution in [2.24, 2.45) is 23.7 Å². The summed E-state index contributed by atoms with van der Waals surface area (Å²) < 4.78 is 1.47. The van der Waals surface area contributed by atoms with Gasteiger partial charge in [-0.1, -0.05) is 22.0 Å². The summed E-state index contributed by atoms with van der Waals surface area (Å²) in [5, 5.41) is 0. The second-order valence-corrected chi connectivity index (χ2v) is 4.57. The van der Waals surface area contributed by atoms with Gasteiger partial charge in [-0.05, 0) is 41.0 Å². The van der Waals surface area contributed by atoms with Crippen LogP contribution in [-0.4, -0.2) is 0 Å². The third kappa shape index (κ3) is 0.500. The maximum absolute atomic E-state index is 3.58. The van der Waals surface area contributed by atoms with Crippen molar-refractivity contribution in [3.05, 3.63) is 10.6 Å². The van der Waals surface area contributed by atoms with Crippen molar-refractivity contribution in [1.29, 1.82) is 0 Å². The Labute approximate surface area is 63.5 Å². The summed E-state index contributed by atoms with van der Waals surface area (Å²) in [7, 11) is 0. The van der Waals surface area contributed by atoms with Crippen LogP contribution in [-0.2, 0) is 0 Å². The van der Waals surface area contributed by atoms with Gasteiger partial charge in [0.05, 0.1) is 0 Å². The molecule has 2 atom stereocenters. The SMILES string of the molecule is BrC1=CC2C3C(CC1)C23. The van der Waals surface area contributed by atoms with Gasteiger partial charge < -0.3 is 0 Å². The molecule has 2 bridgehead atoms. The van der Waals surface area contributed by atoms with Crippen LogP contribution in [0.2, 0.25) is 0 Å². The molecular formula is C8H9Br. The molecule has 2 fully saturated rings. The molecule has 0 aromatic carbocycles. The van der Waals surface area contributed by atoms with E-state index in [0.29, 0.717) is 0 Å². The molecule has 48 valence electrons. The highest BCUT2D eigenvalue weighted by molar-refractivity contribution is 9.11. The number of hydrogen-bond acceptors (Lipinski definition) is 0. The zero-order chi connectivity index (χ0) is 6.01.